The number of hydrogen-bond acceptors (Lipinski definition) is 3. The lowest BCUT2D eigenvalue weighted by Crippen LogP contribution is -2.53. The van der Waals surface area contributed by atoms with Crippen molar-refractivity contribution in [1.82, 2.24) is 10.2 Å². The van der Waals surface area contributed by atoms with Crippen molar-refractivity contribution < 1.29 is 13.2 Å². The van der Waals surface area contributed by atoms with E-state index >= 15 is 0 Å². The predicted octanol–water partition coefficient (Wildman–Crippen LogP) is 2.28. The Balaban J connectivity index is 1.73. The molecule has 1 heterocycles. The summed E-state index contributed by atoms with van der Waals surface area (Å²) in [5.41, 5.74) is 2.51. The minimum atomic E-state index is -3.01. The lowest BCUT2D eigenvalue weighted by molar-refractivity contribution is 0.180. The van der Waals surface area contributed by atoms with Gasteiger partial charge in [0.15, 0.2) is 9.84 Å². The van der Waals surface area contributed by atoms with Crippen LogP contribution in [0.15, 0.2) is 24.3 Å². The summed E-state index contributed by atoms with van der Waals surface area (Å²) in [5, 5.41) is 3.13. The van der Waals surface area contributed by atoms with E-state index in [1.165, 1.54) is 11.1 Å². The molecule has 2 atom stereocenters. The molecule has 1 aliphatic heterocycles. The number of hydrogen-bond donors (Lipinski definition) is 1. The number of carbonyl (C=O) groups excluding carboxylic acids is 1. The molecule has 3 rings (SSSR count). The van der Waals surface area contributed by atoms with Gasteiger partial charge in [0.1, 0.15) is 0 Å². The summed E-state index contributed by atoms with van der Waals surface area (Å²) in [7, 11) is -3.01. The topological polar surface area (TPSA) is 66.5 Å². The summed E-state index contributed by atoms with van der Waals surface area (Å²) >= 11 is 0. The van der Waals surface area contributed by atoms with Crippen LogP contribution in [0.5, 0.6) is 0 Å². The van der Waals surface area contributed by atoms with Crippen LogP contribution in [0.4, 0.5) is 4.79 Å². The van der Waals surface area contributed by atoms with E-state index in [0.29, 0.717) is 0 Å². The van der Waals surface area contributed by atoms with Crippen molar-refractivity contribution >= 4 is 15.9 Å². The molecule has 2 amide bonds. The molecule has 126 valence electrons. The molecule has 0 unspecified atom stereocenters. The molecule has 1 fully saturated rings. The van der Waals surface area contributed by atoms with Gasteiger partial charge in [-0.3, -0.25) is 0 Å². The molecule has 6 heteroatoms. The SMILES string of the molecule is C[C@H]1CS(=O)(=O)CCN1C(=O)N[C@@H]1CCCCc2ccccc21. The van der Waals surface area contributed by atoms with Crippen LogP contribution in [-0.2, 0) is 16.3 Å². The second kappa shape index (κ2) is 6.51. The van der Waals surface area contributed by atoms with Crippen molar-refractivity contribution in [2.75, 3.05) is 18.1 Å². The fourth-order valence-electron chi connectivity index (χ4n) is 3.60. The average Bonchev–Trinajstić information content (AvgIpc) is 2.69. The zero-order valence-corrected chi connectivity index (χ0v) is 14.3. The van der Waals surface area contributed by atoms with Crippen LogP contribution in [0.25, 0.3) is 0 Å². The number of benzene rings is 1. The molecule has 0 saturated carbocycles. The van der Waals surface area contributed by atoms with Gasteiger partial charge >= 0.3 is 6.03 Å². The van der Waals surface area contributed by atoms with Crippen LogP contribution in [0.2, 0.25) is 0 Å². The second-order valence-electron chi connectivity index (χ2n) is 6.60. The van der Waals surface area contributed by atoms with Gasteiger partial charge in [0, 0.05) is 12.6 Å². The van der Waals surface area contributed by atoms with Crippen molar-refractivity contribution in [3.63, 3.8) is 0 Å². The Bertz CT molecular complexity index is 687. The van der Waals surface area contributed by atoms with Crippen molar-refractivity contribution in [3.05, 3.63) is 35.4 Å². The lowest BCUT2D eigenvalue weighted by atomic mass is 9.99. The minimum Gasteiger partial charge on any atom is -0.331 e. The fraction of sp³-hybridized carbons (Fsp3) is 0.588. The van der Waals surface area contributed by atoms with Gasteiger partial charge in [0.05, 0.1) is 17.5 Å². The lowest BCUT2D eigenvalue weighted by Gasteiger charge is -2.34. The van der Waals surface area contributed by atoms with Gasteiger partial charge in [0.2, 0.25) is 0 Å². The summed E-state index contributed by atoms with van der Waals surface area (Å²) in [4.78, 5) is 14.3. The Morgan fingerprint density at radius 3 is 2.83 bits per heavy atom. The molecule has 0 aromatic heterocycles. The minimum absolute atomic E-state index is 0.0203. The zero-order chi connectivity index (χ0) is 16.4. The Morgan fingerprint density at radius 1 is 1.26 bits per heavy atom. The van der Waals surface area contributed by atoms with E-state index in [4.69, 9.17) is 0 Å². The van der Waals surface area contributed by atoms with Gasteiger partial charge in [-0.1, -0.05) is 30.7 Å². The summed E-state index contributed by atoms with van der Waals surface area (Å²) in [5.74, 6) is 0.119. The van der Waals surface area contributed by atoms with Crippen LogP contribution in [-0.4, -0.2) is 43.4 Å². The number of amides is 2. The van der Waals surface area contributed by atoms with Crippen LogP contribution in [0.1, 0.15) is 43.4 Å². The normalized spacial score (nSPS) is 26.9. The smallest absolute Gasteiger partial charge is 0.318 e. The summed E-state index contributed by atoms with van der Waals surface area (Å²) in [6.07, 6.45) is 4.22. The van der Waals surface area contributed by atoms with E-state index in [9.17, 15) is 13.2 Å². The Hall–Kier alpha value is -1.56. The molecule has 5 nitrogen and oxygen atoms in total. The average molecular weight is 336 g/mol. The quantitative estimate of drug-likeness (QED) is 0.800. The van der Waals surface area contributed by atoms with Crippen molar-refractivity contribution in [2.45, 2.75) is 44.7 Å². The monoisotopic (exact) mass is 336 g/mol. The van der Waals surface area contributed by atoms with Crippen molar-refractivity contribution in [2.24, 2.45) is 0 Å². The molecular formula is C17H24N2O3S. The largest absolute Gasteiger partial charge is 0.331 e. The van der Waals surface area contributed by atoms with Crippen LogP contribution >= 0.6 is 0 Å². The number of rotatable bonds is 1. The van der Waals surface area contributed by atoms with Gasteiger partial charge in [-0.15, -0.1) is 0 Å². The van der Waals surface area contributed by atoms with Gasteiger partial charge < -0.3 is 10.2 Å². The first-order valence-corrected chi connectivity index (χ1v) is 10.1. The van der Waals surface area contributed by atoms with Crippen molar-refractivity contribution in [3.8, 4) is 0 Å². The zero-order valence-electron chi connectivity index (χ0n) is 13.5. The van der Waals surface area contributed by atoms with Gasteiger partial charge in [-0.25, -0.2) is 13.2 Å². The number of fused-ring (bicyclic) bond motifs is 1. The molecule has 1 aromatic rings. The molecule has 2 aliphatic rings. The summed E-state index contributed by atoms with van der Waals surface area (Å²) in [6.45, 7) is 2.08. The first-order valence-electron chi connectivity index (χ1n) is 8.31. The summed E-state index contributed by atoms with van der Waals surface area (Å²) < 4.78 is 23.3. The molecule has 1 aromatic carbocycles. The molecule has 0 radical (unpaired) electrons. The van der Waals surface area contributed by atoms with E-state index in [1.54, 1.807) is 11.8 Å². The van der Waals surface area contributed by atoms with Crippen LogP contribution in [0.3, 0.4) is 0 Å². The predicted molar refractivity (Wildman–Crippen MR) is 90.1 cm³/mol. The third-order valence-corrected chi connectivity index (χ3v) is 6.64. The molecule has 0 bridgehead atoms. The van der Waals surface area contributed by atoms with Gasteiger partial charge in [-0.05, 0) is 37.3 Å². The number of carbonyl (C=O) groups is 1. The van der Waals surface area contributed by atoms with E-state index in [1.807, 2.05) is 12.1 Å². The number of nitrogens with zero attached hydrogens (tertiary/aromatic N) is 1. The number of urea groups is 1. The third-order valence-electron chi connectivity index (χ3n) is 4.85. The standard InChI is InChI=1S/C17H24N2O3S/c1-13-12-23(21,22)11-10-19(13)17(20)18-16-9-5-3-7-14-6-2-4-8-15(14)16/h2,4,6,8,13,16H,3,5,7,9-12H2,1H3,(H,18,20)/t13-,16+/m0/s1. The first-order chi connectivity index (χ1) is 11.0. The number of sulfone groups is 1. The maximum Gasteiger partial charge on any atom is 0.318 e. The molecule has 23 heavy (non-hydrogen) atoms. The van der Waals surface area contributed by atoms with E-state index in [0.717, 1.165) is 25.7 Å². The number of nitrogens with one attached hydrogen (secondary N) is 1. The van der Waals surface area contributed by atoms with Crippen LogP contribution in [0, 0.1) is 0 Å². The Morgan fingerprint density at radius 2 is 2.04 bits per heavy atom. The number of aryl methyl sites for hydroxylation is 1. The highest BCUT2D eigenvalue weighted by atomic mass is 32.2. The molecule has 1 saturated heterocycles. The third kappa shape index (κ3) is 3.68. The summed E-state index contributed by atoms with van der Waals surface area (Å²) in [6, 6.07) is 7.89. The molecular weight excluding hydrogens is 312 g/mol. The fourth-order valence-corrected chi connectivity index (χ4v) is 5.16. The highest BCUT2D eigenvalue weighted by molar-refractivity contribution is 7.91. The molecule has 1 aliphatic carbocycles. The highest BCUT2D eigenvalue weighted by Crippen LogP contribution is 2.28. The van der Waals surface area contributed by atoms with Gasteiger partial charge in [0.25, 0.3) is 0 Å². The molecule has 1 N–H and O–H groups in total. The van der Waals surface area contributed by atoms with Crippen LogP contribution < -0.4 is 5.32 Å². The maximum absolute atomic E-state index is 12.6. The van der Waals surface area contributed by atoms with E-state index < -0.39 is 9.84 Å². The molecule has 0 spiro atoms. The van der Waals surface area contributed by atoms with E-state index in [-0.39, 0.29) is 36.2 Å². The van der Waals surface area contributed by atoms with Gasteiger partial charge in [-0.2, -0.15) is 0 Å². The van der Waals surface area contributed by atoms with E-state index in [2.05, 4.69) is 17.4 Å². The Kier molecular flexibility index (Phi) is 4.62. The highest BCUT2D eigenvalue weighted by Gasteiger charge is 2.32. The first kappa shape index (κ1) is 16.3. The van der Waals surface area contributed by atoms with Crippen molar-refractivity contribution in [1.29, 1.82) is 0 Å². The Labute approximate surface area is 138 Å². The second-order valence-corrected chi connectivity index (χ2v) is 8.83. The maximum atomic E-state index is 12.6.